The van der Waals surface area contributed by atoms with Crippen molar-refractivity contribution < 1.29 is 4.74 Å². The van der Waals surface area contributed by atoms with Crippen LogP contribution >= 0.6 is 0 Å². The van der Waals surface area contributed by atoms with Crippen LogP contribution < -0.4 is 0 Å². The Kier molecular flexibility index (Phi) is 6.62. The molecular weight excluding hydrogens is 232 g/mol. The Balaban J connectivity index is 5.50. The lowest BCUT2D eigenvalue weighted by Crippen LogP contribution is -2.27. The van der Waals surface area contributed by atoms with Crippen LogP contribution in [0.25, 0.3) is 0 Å². The van der Waals surface area contributed by atoms with Crippen molar-refractivity contribution in [1.29, 1.82) is 0 Å². The summed E-state index contributed by atoms with van der Waals surface area (Å²) in [6, 6.07) is 0. The molecule has 0 rings (SSSR count). The number of methoxy groups -OCH3 is 1. The van der Waals surface area contributed by atoms with Crippen LogP contribution in [-0.4, -0.2) is 7.11 Å². The predicted octanol–water partition coefficient (Wildman–Crippen LogP) is 5.75. The summed E-state index contributed by atoms with van der Waals surface area (Å²) in [6.07, 6.45) is 7.22. The van der Waals surface area contributed by atoms with Gasteiger partial charge in [0.15, 0.2) is 0 Å². The monoisotopic (exact) mass is 264 g/mol. The van der Waals surface area contributed by atoms with Crippen LogP contribution in [0.15, 0.2) is 36.1 Å². The van der Waals surface area contributed by atoms with Crippen molar-refractivity contribution in [2.24, 2.45) is 16.7 Å². The van der Waals surface area contributed by atoms with Crippen LogP contribution in [0.3, 0.4) is 0 Å². The fraction of sp³-hybridized carbons (Fsp3) is 0.667. The lowest BCUT2D eigenvalue weighted by molar-refractivity contribution is 0.198. The normalized spacial score (nSPS) is 16.2. The van der Waals surface area contributed by atoms with Crippen LogP contribution in [0.1, 0.15) is 54.9 Å². The number of hydrogen-bond acceptors (Lipinski definition) is 1. The Morgan fingerprint density at radius 2 is 1.68 bits per heavy atom. The second-order valence-electron chi connectivity index (χ2n) is 7.43. The molecule has 0 bridgehead atoms. The van der Waals surface area contributed by atoms with Crippen molar-refractivity contribution in [2.45, 2.75) is 54.9 Å². The average Bonchev–Trinajstić information content (AvgIpc) is 2.26. The minimum Gasteiger partial charge on any atom is -0.497 e. The third-order valence-electron chi connectivity index (χ3n) is 3.33. The molecule has 0 saturated carbocycles. The van der Waals surface area contributed by atoms with Crippen LogP contribution in [0.4, 0.5) is 0 Å². The molecule has 0 aliphatic carbocycles. The van der Waals surface area contributed by atoms with Gasteiger partial charge in [-0.15, -0.1) is 0 Å². The van der Waals surface area contributed by atoms with Crippen molar-refractivity contribution in [2.75, 3.05) is 7.11 Å². The lowest BCUT2D eigenvalue weighted by atomic mass is 9.68. The highest BCUT2D eigenvalue weighted by atomic mass is 16.5. The van der Waals surface area contributed by atoms with Gasteiger partial charge in [-0.3, -0.25) is 0 Å². The van der Waals surface area contributed by atoms with Crippen molar-refractivity contribution in [1.82, 2.24) is 0 Å². The molecule has 0 radical (unpaired) electrons. The van der Waals surface area contributed by atoms with Crippen LogP contribution in [-0.2, 0) is 4.74 Å². The van der Waals surface area contributed by atoms with Gasteiger partial charge in [-0.2, -0.15) is 0 Å². The van der Waals surface area contributed by atoms with Gasteiger partial charge in [-0.1, -0.05) is 54.2 Å². The molecule has 0 aromatic rings. The standard InChI is InChI=1S/C18H32O/c1-10-14(12-15(11-2)19-9)16(18(6,7)8)13-17(3,4)5/h10-12,16H,1,13H2,2-9H3. The SMILES string of the molecule is C=CC(=CC(=CC)OC)C(CC(C)(C)C)C(C)(C)C. The molecule has 110 valence electrons. The van der Waals surface area contributed by atoms with Gasteiger partial charge in [0.1, 0.15) is 5.76 Å². The average molecular weight is 264 g/mol. The van der Waals surface area contributed by atoms with Gasteiger partial charge in [-0.25, -0.2) is 0 Å². The molecule has 1 unspecified atom stereocenters. The summed E-state index contributed by atoms with van der Waals surface area (Å²) in [4.78, 5) is 0. The molecule has 0 saturated heterocycles. The van der Waals surface area contributed by atoms with E-state index >= 15 is 0 Å². The zero-order valence-electron chi connectivity index (χ0n) is 14.1. The van der Waals surface area contributed by atoms with Crippen molar-refractivity contribution >= 4 is 0 Å². The van der Waals surface area contributed by atoms with Crippen molar-refractivity contribution in [3.63, 3.8) is 0 Å². The van der Waals surface area contributed by atoms with E-state index in [1.54, 1.807) is 7.11 Å². The highest BCUT2D eigenvalue weighted by Crippen LogP contribution is 2.41. The molecular formula is C18H32O. The summed E-state index contributed by atoms with van der Waals surface area (Å²) in [6.45, 7) is 19.7. The van der Waals surface area contributed by atoms with E-state index < -0.39 is 0 Å². The summed E-state index contributed by atoms with van der Waals surface area (Å²) >= 11 is 0. The molecule has 0 amide bonds. The summed E-state index contributed by atoms with van der Waals surface area (Å²) < 4.78 is 5.36. The van der Waals surface area contributed by atoms with E-state index in [-0.39, 0.29) is 5.41 Å². The minimum atomic E-state index is 0.208. The molecule has 0 aromatic heterocycles. The quantitative estimate of drug-likeness (QED) is 0.454. The maximum absolute atomic E-state index is 5.36. The lowest BCUT2D eigenvalue weighted by Gasteiger charge is -2.36. The number of ether oxygens (including phenoxy) is 1. The summed E-state index contributed by atoms with van der Waals surface area (Å²) in [5.41, 5.74) is 1.76. The van der Waals surface area contributed by atoms with Crippen LogP contribution in [0, 0.1) is 16.7 Å². The van der Waals surface area contributed by atoms with E-state index in [1.807, 2.05) is 19.1 Å². The molecule has 19 heavy (non-hydrogen) atoms. The first-order valence-corrected chi connectivity index (χ1v) is 7.09. The molecule has 0 aliphatic heterocycles. The Morgan fingerprint density at radius 3 is 1.95 bits per heavy atom. The number of allylic oxidation sites excluding steroid dienone is 4. The molecule has 0 aliphatic rings. The maximum atomic E-state index is 5.36. The van der Waals surface area contributed by atoms with E-state index in [4.69, 9.17) is 4.74 Å². The van der Waals surface area contributed by atoms with Gasteiger partial charge < -0.3 is 4.74 Å². The van der Waals surface area contributed by atoms with Gasteiger partial charge in [0.05, 0.1) is 7.11 Å². The van der Waals surface area contributed by atoms with E-state index in [9.17, 15) is 0 Å². The minimum absolute atomic E-state index is 0.208. The first-order valence-electron chi connectivity index (χ1n) is 7.09. The molecule has 1 heteroatoms. The number of rotatable bonds is 5. The molecule has 0 heterocycles. The molecule has 1 nitrogen and oxygen atoms in total. The molecule has 1 atom stereocenters. The Bertz CT molecular complexity index is 345. The third-order valence-corrected chi connectivity index (χ3v) is 3.33. The predicted molar refractivity (Wildman–Crippen MR) is 86.1 cm³/mol. The van der Waals surface area contributed by atoms with Crippen LogP contribution in [0.5, 0.6) is 0 Å². The molecule has 0 N–H and O–H groups in total. The van der Waals surface area contributed by atoms with E-state index in [2.05, 4.69) is 54.2 Å². The second-order valence-corrected chi connectivity index (χ2v) is 7.43. The topological polar surface area (TPSA) is 9.23 Å². The fourth-order valence-corrected chi connectivity index (χ4v) is 2.26. The Labute approximate surface area is 120 Å². The van der Waals surface area contributed by atoms with E-state index in [0.717, 1.165) is 12.2 Å². The van der Waals surface area contributed by atoms with Gasteiger partial charge in [-0.05, 0) is 47.8 Å². The fourth-order valence-electron chi connectivity index (χ4n) is 2.26. The molecule has 0 spiro atoms. The first-order chi connectivity index (χ1) is 8.55. The van der Waals surface area contributed by atoms with Gasteiger partial charge in [0, 0.05) is 0 Å². The smallest absolute Gasteiger partial charge is 0.114 e. The van der Waals surface area contributed by atoms with Gasteiger partial charge >= 0.3 is 0 Å². The highest BCUT2D eigenvalue weighted by molar-refractivity contribution is 5.29. The summed E-state index contributed by atoms with van der Waals surface area (Å²) in [5, 5.41) is 0. The Hall–Kier alpha value is -0.980. The largest absolute Gasteiger partial charge is 0.497 e. The summed E-state index contributed by atoms with van der Waals surface area (Å²) in [7, 11) is 1.71. The van der Waals surface area contributed by atoms with Gasteiger partial charge in [0.25, 0.3) is 0 Å². The Morgan fingerprint density at radius 1 is 1.16 bits per heavy atom. The second kappa shape index (κ2) is 6.98. The van der Waals surface area contributed by atoms with Crippen LogP contribution in [0.2, 0.25) is 0 Å². The zero-order valence-corrected chi connectivity index (χ0v) is 14.1. The first kappa shape index (κ1) is 18.0. The maximum Gasteiger partial charge on any atom is 0.114 e. The third kappa shape index (κ3) is 6.66. The zero-order chi connectivity index (χ0) is 15.3. The summed E-state index contributed by atoms with van der Waals surface area (Å²) in [5.74, 6) is 1.37. The van der Waals surface area contributed by atoms with Crippen molar-refractivity contribution in [3.05, 3.63) is 36.1 Å². The van der Waals surface area contributed by atoms with Gasteiger partial charge in [0.2, 0.25) is 0 Å². The highest BCUT2D eigenvalue weighted by Gasteiger charge is 2.30. The van der Waals surface area contributed by atoms with E-state index in [1.165, 1.54) is 5.57 Å². The number of hydrogen-bond donors (Lipinski definition) is 0. The van der Waals surface area contributed by atoms with Crippen molar-refractivity contribution in [3.8, 4) is 0 Å². The molecule has 0 fully saturated rings. The molecule has 0 aromatic carbocycles. The van der Waals surface area contributed by atoms with E-state index in [0.29, 0.717) is 11.3 Å².